The van der Waals surface area contributed by atoms with Crippen LogP contribution in [-0.2, 0) is 14.8 Å². The third-order valence-corrected chi connectivity index (χ3v) is 7.86. The van der Waals surface area contributed by atoms with Crippen molar-refractivity contribution in [2.45, 2.75) is 10.8 Å². The average Bonchev–Trinajstić information content (AvgIpc) is 3.39. The number of aromatic nitrogens is 2. The van der Waals surface area contributed by atoms with Gasteiger partial charge in [0.25, 0.3) is 0 Å². The summed E-state index contributed by atoms with van der Waals surface area (Å²) in [5.41, 5.74) is 8.98. The summed E-state index contributed by atoms with van der Waals surface area (Å²) in [5.74, 6) is 0.777. The van der Waals surface area contributed by atoms with Crippen molar-refractivity contribution in [1.29, 1.82) is 10.5 Å². The molecule has 2 aromatic heterocycles. The molecular weight excluding hydrogens is 581 g/mol. The molecule has 0 aliphatic carbocycles. The van der Waals surface area contributed by atoms with E-state index in [0.29, 0.717) is 32.7 Å². The normalized spacial score (nSPS) is 11.1. The predicted molar refractivity (Wildman–Crippen MR) is 145 cm³/mol. The third-order valence-electron chi connectivity index (χ3n) is 5.16. The second-order valence-corrected chi connectivity index (χ2v) is 11.2. The van der Waals surface area contributed by atoms with Crippen LogP contribution in [0, 0.1) is 22.7 Å². The fraction of sp³-hybridized carbons (Fsp3) is 0.120. The maximum Gasteiger partial charge on any atom is 0.143 e. The van der Waals surface area contributed by atoms with Crippen molar-refractivity contribution in [3.8, 4) is 39.6 Å². The molecule has 0 aliphatic rings. The van der Waals surface area contributed by atoms with Crippen LogP contribution in [0.5, 0.6) is 5.75 Å². The highest BCUT2D eigenvalue weighted by Gasteiger charge is 2.21. The molecule has 10 nitrogen and oxygen atoms in total. The Morgan fingerprint density at radius 2 is 1.67 bits per heavy atom. The van der Waals surface area contributed by atoms with Crippen LogP contribution < -0.4 is 20.3 Å². The first-order valence-corrected chi connectivity index (χ1v) is 14.8. The van der Waals surface area contributed by atoms with E-state index in [4.69, 9.17) is 22.1 Å². The number of nitrogen functional groups attached to an aromatic ring is 1. The van der Waals surface area contributed by atoms with Crippen LogP contribution in [0.15, 0.2) is 58.9 Å². The molecule has 4 aromatic rings. The van der Waals surface area contributed by atoms with E-state index in [2.05, 4.69) is 20.6 Å². The third kappa shape index (κ3) is 7.35. The molecule has 0 atom stereocenters. The fourth-order valence-electron chi connectivity index (χ4n) is 3.46. The van der Waals surface area contributed by atoms with Gasteiger partial charge in [-0.25, -0.2) is 9.97 Å². The van der Waals surface area contributed by atoms with Crippen LogP contribution in [0.4, 0.5) is 5.82 Å². The number of pyridine rings is 1. The summed E-state index contributed by atoms with van der Waals surface area (Å²) in [7, 11) is -5.07. The number of hydrogen-bond donors (Lipinski definition) is 1. The number of phosphoric acid groups is 1. The molecule has 0 unspecified atom stereocenters. The number of hydrogen-bond acceptors (Lipinski definition) is 12. The lowest BCUT2D eigenvalue weighted by Gasteiger charge is -2.28. The van der Waals surface area contributed by atoms with Gasteiger partial charge in [0.15, 0.2) is 0 Å². The van der Waals surface area contributed by atoms with Gasteiger partial charge in [-0.2, -0.15) is 10.5 Å². The first-order chi connectivity index (χ1) is 18.7. The quantitative estimate of drug-likeness (QED) is 0.156. The first kappa shape index (κ1) is 28.6. The molecular formula is C25H17ClN5O5PS2-2. The smallest absolute Gasteiger partial charge is 0.143 e. The molecule has 0 bridgehead atoms. The molecule has 0 aliphatic heterocycles. The van der Waals surface area contributed by atoms with Gasteiger partial charge >= 0.3 is 0 Å². The van der Waals surface area contributed by atoms with Crippen molar-refractivity contribution in [2.24, 2.45) is 0 Å². The van der Waals surface area contributed by atoms with Gasteiger partial charge in [-0.1, -0.05) is 47.6 Å². The molecule has 0 radical (unpaired) electrons. The minimum atomic E-state index is -5.07. The molecule has 14 heteroatoms. The Balaban J connectivity index is 1.55. The lowest BCUT2D eigenvalue weighted by molar-refractivity contribution is -0.341. The van der Waals surface area contributed by atoms with Crippen molar-refractivity contribution in [2.75, 3.05) is 18.9 Å². The van der Waals surface area contributed by atoms with Crippen molar-refractivity contribution in [1.82, 2.24) is 9.97 Å². The fourth-order valence-corrected chi connectivity index (χ4v) is 5.70. The van der Waals surface area contributed by atoms with Crippen molar-refractivity contribution >= 4 is 48.3 Å². The Morgan fingerprint density at radius 1 is 1.00 bits per heavy atom. The summed E-state index contributed by atoms with van der Waals surface area (Å²) < 4.78 is 20.0. The molecule has 0 spiro atoms. The number of anilines is 1. The first-order valence-electron chi connectivity index (χ1n) is 11.0. The van der Waals surface area contributed by atoms with Crippen LogP contribution in [-0.4, -0.2) is 23.2 Å². The van der Waals surface area contributed by atoms with Crippen LogP contribution in [0.2, 0.25) is 5.02 Å². The summed E-state index contributed by atoms with van der Waals surface area (Å²) in [6.45, 7) is -0.592. The molecule has 2 heterocycles. The molecule has 4 rings (SSSR count). The van der Waals surface area contributed by atoms with Crippen molar-refractivity contribution < 1.29 is 23.6 Å². The summed E-state index contributed by atoms with van der Waals surface area (Å²) >= 11 is 8.74. The number of ether oxygens (including phenoxy) is 1. The molecule has 0 fully saturated rings. The second kappa shape index (κ2) is 12.6. The second-order valence-electron chi connectivity index (χ2n) is 7.74. The molecule has 0 saturated heterocycles. The van der Waals surface area contributed by atoms with E-state index in [1.54, 1.807) is 36.4 Å². The van der Waals surface area contributed by atoms with E-state index < -0.39 is 14.4 Å². The SMILES string of the molecule is N#Cc1c(N)nc(SCc2csc(-c3ccc(Cl)cc3)n2)c(C#N)c1-c1ccc(OCCOP(=O)([O-])[O-])cc1. The van der Waals surface area contributed by atoms with Crippen LogP contribution in [0.3, 0.4) is 0 Å². The number of nitrogens with two attached hydrogens (primary N) is 1. The van der Waals surface area contributed by atoms with E-state index in [-0.39, 0.29) is 23.6 Å². The zero-order valence-electron chi connectivity index (χ0n) is 19.9. The summed E-state index contributed by atoms with van der Waals surface area (Å²) in [4.78, 5) is 30.1. The van der Waals surface area contributed by atoms with Gasteiger partial charge in [0.05, 0.1) is 25.7 Å². The van der Waals surface area contributed by atoms with E-state index in [9.17, 15) is 24.9 Å². The molecule has 198 valence electrons. The number of thiazole rings is 1. The van der Waals surface area contributed by atoms with Crippen LogP contribution in [0.1, 0.15) is 16.8 Å². The van der Waals surface area contributed by atoms with Gasteiger partial charge in [-0.05, 0) is 29.8 Å². The van der Waals surface area contributed by atoms with E-state index in [1.165, 1.54) is 23.1 Å². The van der Waals surface area contributed by atoms with Gasteiger partial charge < -0.3 is 29.3 Å². The maximum atomic E-state index is 10.5. The van der Waals surface area contributed by atoms with E-state index in [0.717, 1.165) is 16.3 Å². The van der Waals surface area contributed by atoms with Gasteiger partial charge in [0, 0.05) is 27.3 Å². The van der Waals surface area contributed by atoms with Gasteiger partial charge in [0.2, 0.25) is 0 Å². The lowest BCUT2D eigenvalue weighted by Crippen LogP contribution is -2.19. The van der Waals surface area contributed by atoms with Crippen molar-refractivity contribution in [3.63, 3.8) is 0 Å². The number of benzene rings is 2. The maximum absolute atomic E-state index is 10.5. The number of phosphoric ester groups is 1. The Hall–Kier alpha value is -3.45. The summed E-state index contributed by atoms with van der Waals surface area (Å²) in [6.07, 6.45) is 0. The number of nitriles is 2. The highest BCUT2D eigenvalue weighted by Crippen LogP contribution is 2.37. The largest absolute Gasteiger partial charge is 0.790 e. The van der Waals surface area contributed by atoms with E-state index >= 15 is 0 Å². The minimum absolute atomic E-state index is 0.00809. The number of halogens is 1. The molecule has 2 aromatic carbocycles. The Kier molecular flexibility index (Phi) is 9.23. The topological polar surface area (TPSA) is 181 Å². The average molecular weight is 598 g/mol. The molecule has 0 amide bonds. The molecule has 2 N–H and O–H groups in total. The van der Waals surface area contributed by atoms with Crippen LogP contribution >= 0.6 is 42.5 Å². The minimum Gasteiger partial charge on any atom is -0.790 e. The molecule has 0 saturated carbocycles. The molecule has 39 heavy (non-hydrogen) atoms. The monoisotopic (exact) mass is 597 g/mol. The van der Waals surface area contributed by atoms with Crippen LogP contribution in [0.25, 0.3) is 21.7 Å². The van der Waals surface area contributed by atoms with E-state index in [1.807, 2.05) is 23.6 Å². The summed E-state index contributed by atoms with van der Waals surface area (Å²) in [6, 6.07) is 18.0. The highest BCUT2D eigenvalue weighted by molar-refractivity contribution is 7.98. The zero-order valence-corrected chi connectivity index (χ0v) is 23.1. The Morgan fingerprint density at radius 3 is 2.31 bits per heavy atom. The number of thioether (sulfide) groups is 1. The number of nitrogens with zero attached hydrogens (tertiary/aromatic N) is 4. The van der Waals surface area contributed by atoms with Gasteiger partial charge in [0.1, 0.15) is 45.9 Å². The van der Waals surface area contributed by atoms with Gasteiger partial charge in [-0.15, -0.1) is 11.3 Å². The highest BCUT2D eigenvalue weighted by atomic mass is 35.5. The summed E-state index contributed by atoms with van der Waals surface area (Å²) in [5, 5.41) is 23.5. The Labute approximate surface area is 236 Å². The predicted octanol–water partition coefficient (Wildman–Crippen LogP) is 4.37. The Bertz CT molecular complexity index is 1610. The van der Waals surface area contributed by atoms with Gasteiger partial charge in [-0.3, -0.25) is 0 Å². The number of rotatable bonds is 10. The lowest BCUT2D eigenvalue weighted by atomic mass is 9.97. The van der Waals surface area contributed by atoms with Crippen molar-refractivity contribution in [3.05, 3.63) is 75.8 Å². The zero-order chi connectivity index (χ0) is 28.0. The standard InChI is InChI=1S/C25H19ClN5O5PS2/c26-17-5-1-16(2-6-17)24-30-18(13-38-24)14-39-25-21(12-28)22(20(11-27)23(29)31-25)15-3-7-19(8-4-15)35-9-10-36-37(32,33)34/h1-8,13H,9-10,14H2,(H2,29,31)(H2,32,33,34)/p-2.